The molecule has 1 heterocycles. The van der Waals surface area contributed by atoms with Gasteiger partial charge in [0, 0.05) is 26.2 Å². The van der Waals surface area contributed by atoms with Gasteiger partial charge in [-0.05, 0) is 43.1 Å². The van der Waals surface area contributed by atoms with Gasteiger partial charge < -0.3 is 4.90 Å². The van der Waals surface area contributed by atoms with E-state index in [1.165, 1.54) is 30.6 Å². The molecule has 0 N–H and O–H groups in total. The van der Waals surface area contributed by atoms with E-state index in [-0.39, 0.29) is 0 Å². The Morgan fingerprint density at radius 2 is 2.00 bits per heavy atom. The van der Waals surface area contributed by atoms with Gasteiger partial charge in [-0.2, -0.15) is 0 Å². The maximum Gasteiger partial charge on any atom is 0.0237 e. The minimum absolute atomic E-state index is 0.641. The molecule has 2 rings (SSSR count). The predicted octanol–water partition coefficient (Wildman–Crippen LogP) is 2.73. The van der Waals surface area contributed by atoms with E-state index in [2.05, 4.69) is 55.9 Å². The summed E-state index contributed by atoms with van der Waals surface area (Å²) in [5.41, 5.74) is 4.59. The SMILES string of the molecule is CC(C)c1ccc2c(c1)CCN(CCN(C)C)C2. The van der Waals surface area contributed by atoms with Gasteiger partial charge in [-0.1, -0.05) is 32.0 Å². The summed E-state index contributed by atoms with van der Waals surface area (Å²) in [7, 11) is 4.29. The maximum absolute atomic E-state index is 2.57. The highest BCUT2D eigenvalue weighted by Gasteiger charge is 2.16. The molecule has 0 fully saturated rings. The smallest absolute Gasteiger partial charge is 0.0237 e. The topological polar surface area (TPSA) is 6.48 Å². The molecule has 2 nitrogen and oxygen atoms in total. The van der Waals surface area contributed by atoms with Crippen molar-refractivity contribution < 1.29 is 0 Å². The third kappa shape index (κ3) is 3.33. The molecule has 18 heavy (non-hydrogen) atoms. The Kier molecular flexibility index (Phi) is 4.41. The highest BCUT2D eigenvalue weighted by Crippen LogP contribution is 2.23. The molecular weight excluding hydrogens is 220 g/mol. The number of hydrogen-bond acceptors (Lipinski definition) is 2. The molecule has 1 aliphatic rings. The van der Waals surface area contributed by atoms with E-state index in [0.717, 1.165) is 13.1 Å². The van der Waals surface area contributed by atoms with E-state index >= 15 is 0 Å². The third-order valence-corrected chi connectivity index (χ3v) is 3.85. The van der Waals surface area contributed by atoms with Crippen LogP contribution >= 0.6 is 0 Å². The van der Waals surface area contributed by atoms with Gasteiger partial charge in [0.15, 0.2) is 0 Å². The van der Waals surface area contributed by atoms with Crippen LogP contribution in [-0.2, 0) is 13.0 Å². The molecule has 2 heteroatoms. The Morgan fingerprint density at radius 3 is 2.67 bits per heavy atom. The average Bonchev–Trinajstić information content (AvgIpc) is 2.35. The van der Waals surface area contributed by atoms with Crippen LogP contribution in [0.25, 0.3) is 0 Å². The Morgan fingerprint density at radius 1 is 1.22 bits per heavy atom. The van der Waals surface area contributed by atoms with Crippen molar-refractivity contribution >= 4 is 0 Å². The summed E-state index contributed by atoms with van der Waals surface area (Å²) < 4.78 is 0. The first-order valence-electron chi connectivity index (χ1n) is 7.05. The van der Waals surface area contributed by atoms with Gasteiger partial charge in [0.1, 0.15) is 0 Å². The van der Waals surface area contributed by atoms with Crippen LogP contribution in [0, 0.1) is 0 Å². The summed E-state index contributed by atoms with van der Waals surface area (Å²) in [6.45, 7) is 9.21. The molecule has 0 radical (unpaired) electrons. The first kappa shape index (κ1) is 13.6. The quantitative estimate of drug-likeness (QED) is 0.806. The molecule has 0 saturated heterocycles. The minimum Gasteiger partial charge on any atom is -0.308 e. The van der Waals surface area contributed by atoms with Crippen molar-refractivity contribution in [3.05, 3.63) is 34.9 Å². The summed E-state index contributed by atoms with van der Waals surface area (Å²) in [4.78, 5) is 4.83. The van der Waals surface area contributed by atoms with Crippen molar-refractivity contribution in [3.63, 3.8) is 0 Å². The molecule has 0 amide bonds. The number of likely N-dealkylation sites (N-methyl/N-ethyl adjacent to an activating group) is 1. The van der Waals surface area contributed by atoms with Crippen molar-refractivity contribution in [3.8, 4) is 0 Å². The maximum atomic E-state index is 2.57. The fraction of sp³-hybridized carbons (Fsp3) is 0.625. The lowest BCUT2D eigenvalue weighted by Gasteiger charge is -2.30. The van der Waals surface area contributed by atoms with E-state index in [0.29, 0.717) is 5.92 Å². The number of nitrogens with zero attached hydrogens (tertiary/aromatic N) is 2. The molecule has 0 saturated carbocycles. The summed E-state index contributed by atoms with van der Waals surface area (Å²) in [5, 5.41) is 0. The van der Waals surface area contributed by atoms with E-state index in [9.17, 15) is 0 Å². The zero-order chi connectivity index (χ0) is 13.1. The second-order valence-corrected chi connectivity index (χ2v) is 6.01. The van der Waals surface area contributed by atoms with Crippen LogP contribution in [0.5, 0.6) is 0 Å². The van der Waals surface area contributed by atoms with E-state index < -0.39 is 0 Å². The molecular formula is C16H26N2. The zero-order valence-corrected chi connectivity index (χ0v) is 12.2. The van der Waals surface area contributed by atoms with Crippen LogP contribution < -0.4 is 0 Å². The van der Waals surface area contributed by atoms with Gasteiger partial charge in [-0.25, -0.2) is 0 Å². The highest BCUT2D eigenvalue weighted by atomic mass is 15.2. The average molecular weight is 246 g/mol. The first-order chi connectivity index (χ1) is 8.56. The molecule has 0 spiro atoms. The van der Waals surface area contributed by atoms with Crippen LogP contribution in [0.15, 0.2) is 18.2 Å². The number of hydrogen-bond donors (Lipinski definition) is 0. The molecule has 1 aromatic carbocycles. The van der Waals surface area contributed by atoms with E-state index in [1.54, 1.807) is 5.56 Å². The molecule has 1 aromatic rings. The lowest BCUT2D eigenvalue weighted by atomic mass is 9.93. The summed E-state index contributed by atoms with van der Waals surface area (Å²) in [6.07, 6.45) is 1.21. The van der Waals surface area contributed by atoms with Crippen LogP contribution in [0.2, 0.25) is 0 Å². The Hall–Kier alpha value is -0.860. The third-order valence-electron chi connectivity index (χ3n) is 3.85. The van der Waals surface area contributed by atoms with E-state index in [1.807, 2.05) is 0 Å². The van der Waals surface area contributed by atoms with Crippen molar-refractivity contribution in [1.29, 1.82) is 0 Å². The molecule has 0 bridgehead atoms. The zero-order valence-electron chi connectivity index (χ0n) is 12.2. The molecule has 1 aliphatic heterocycles. The standard InChI is InChI=1S/C16H26N2/c1-13(2)14-5-6-16-12-18(10-9-17(3)4)8-7-15(16)11-14/h5-6,11,13H,7-10,12H2,1-4H3. The second-order valence-electron chi connectivity index (χ2n) is 6.01. The monoisotopic (exact) mass is 246 g/mol. The van der Waals surface area contributed by atoms with Crippen molar-refractivity contribution in [1.82, 2.24) is 9.80 Å². The van der Waals surface area contributed by atoms with Crippen molar-refractivity contribution in [2.45, 2.75) is 32.7 Å². The Balaban J connectivity index is 2.02. The fourth-order valence-corrected chi connectivity index (χ4v) is 2.52. The van der Waals surface area contributed by atoms with Gasteiger partial charge in [-0.3, -0.25) is 4.90 Å². The van der Waals surface area contributed by atoms with Crippen LogP contribution in [0.3, 0.4) is 0 Å². The molecule has 0 aromatic heterocycles. The van der Waals surface area contributed by atoms with Crippen molar-refractivity contribution in [2.75, 3.05) is 33.7 Å². The number of rotatable bonds is 4. The summed E-state index contributed by atoms with van der Waals surface area (Å²) in [6, 6.07) is 7.06. The predicted molar refractivity (Wildman–Crippen MR) is 78.1 cm³/mol. The number of benzene rings is 1. The highest BCUT2D eigenvalue weighted by molar-refractivity contribution is 5.35. The van der Waals surface area contributed by atoms with Crippen LogP contribution in [0.4, 0.5) is 0 Å². The minimum atomic E-state index is 0.641. The summed E-state index contributed by atoms with van der Waals surface area (Å²) in [5.74, 6) is 0.641. The van der Waals surface area contributed by atoms with Gasteiger partial charge in [0.2, 0.25) is 0 Å². The summed E-state index contributed by atoms with van der Waals surface area (Å²) >= 11 is 0. The molecule has 100 valence electrons. The Bertz CT molecular complexity index is 396. The van der Waals surface area contributed by atoms with Gasteiger partial charge >= 0.3 is 0 Å². The van der Waals surface area contributed by atoms with Crippen molar-refractivity contribution in [2.24, 2.45) is 0 Å². The Labute approximate surface area is 112 Å². The second kappa shape index (κ2) is 5.85. The van der Waals surface area contributed by atoms with Crippen LogP contribution in [-0.4, -0.2) is 43.5 Å². The number of fused-ring (bicyclic) bond motifs is 1. The fourth-order valence-electron chi connectivity index (χ4n) is 2.52. The molecule has 0 atom stereocenters. The van der Waals surface area contributed by atoms with Gasteiger partial charge in [-0.15, -0.1) is 0 Å². The first-order valence-corrected chi connectivity index (χ1v) is 7.05. The van der Waals surface area contributed by atoms with Crippen LogP contribution in [0.1, 0.15) is 36.5 Å². The van der Waals surface area contributed by atoms with E-state index in [4.69, 9.17) is 0 Å². The van der Waals surface area contributed by atoms with Gasteiger partial charge in [0.05, 0.1) is 0 Å². The largest absolute Gasteiger partial charge is 0.308 e. The van der Waals surface area contributed by atoms with Gasteiger partial charge in [0.25, 0.3) is 0 Å². The lowest BCUT2D eigenvalue weighted by Crippen LogP contribution is -2.35. The normalized spacial score (nSPS) is 16.3. The molecule has 0 unspecified atom stereocenters. The lowest BCUT2D eigenvalue weighted by molar-refractivity contribution is 0.225. The molecule has 0 aliphatic carbocycles.